The summed E-state index contributed by atoms with van der Waals surface area (Å²) in [6, 6.07) is 8.38. The van der Waals surface area contributed by atoms with Crippen LogP contribution in [0.4, 0.5) is 0 Å². The predicted octanol–water partition coefficient (Wildman–Crippen LogP) is 3.91. The topological polar surface area (TPSA) is 30.5 Å². The normalized spacial score (nSPS) is 18.0. The Morgan fingerprint density at radius 3 is 3.05 bits per heavy atom. The molecule has 1 aromatic rings. The van der Waals surface area contributed by atoms with E-state index in [1.165, 1.54) is 31.2 Å². The highest BCUT2D eigenvalue weighted by Crippen LogP contribution is 2.17. The zero-order valence-corrected chi connectivity index (χ0v) is 13.3. The summed E-state index contributed by atoms with van der Waals surface area (Å²) in [7, 11) is 0. The predicted molar refractivity (Wildman–Crippen MR) is 86.8 cm³/mol. The highest BCUT2D eigenvalue weighted by Gasteiger charge is 2.15. The van der Waals surface area contributed by atoms with E-state index in [0.717, 1.165) is 38.3 Å². The molecule has 0 amide bonds. The van der Waals surface area contributed by atoms with Crippen LogP contribution in [0, 0.1) is 0 Å². The lowest BCUT2D eigenvalue weighted by atomic mass is 10.2. The van der Waals surface area contributed by atoms with Crippen LogP contribution in [0.2, 0.25) is 0 Å². The van der Waals surface area contributed by atoms with Gasteiger partial charge in [-0.25, -0.2) is 0 Å². The molecule has 1 N–H and O–H groups in total. The van der Waals surface area contributed by atoms with E-state index in [0.29, 0.717) is 6.61 Å². The molecule has 118 valence electrons. The minimum Gasteiger partial charge on any atom is -0.491 e. The summed E-state index contributed by atoms with van der Waals surface area (Å²) in [6.07, 6.45) is 7.80. The molecular formula is C18H29NO2. The standard InChI is InChI=1S/C18H29NO2/c1-2-3-4-5-11-19-14-16-8-6-9-17(13-16)21-15-18-10-7-12-20-18/h6,8-9,13,18-19H,2-5,7,10-12,14-15H2,1H3. The molecule has 1 aliphatic rings. The Labute approximate surface area is 129 Å². The zero-order valence-electron chi connectivity index (χ0n) is 13.3. The number of hydrogen-bond acceptors (Lipinski definition) is 3. The molecule has 1 fully saturated rings. The average Bonchev–Trinajstić information content (AvgIpc) is 3.03. The maximum Gasteiger partial charge on any atom is 0.119 e. The fourth-order valence-corrected chi connectivity index (χ4v) is 2.62. The second-order valence-electron chi connectivity index (χ2n) is 5.83. The monoisotopic (exact) mass is 291 g/mol. The molecule has 1 heterocycles. The largest absolute Gasteiger partial charge is 0.491 e. The number of ether oxygens (including phenoxy) is 2. The van der Waals surface area contributed by atoms with Gasteiger partial charge in [-0.05, 0) is 43.5 Å². The first-order valence-corrected chi connectivity index (χ1v) is 8.42. The van der Waals surface area contributed by atoms with Crippen molar-refractivity contribution < 1.29 is 9.47 Å². The van der Waals surface area contributed by atoms with Crippen LogP contribution in [0.1, 0.15) is 51.0 Å². The van der Waals surface area contributed by atoms with Gasteiger partial charge in [0.15, 0.2) is 0 Å². The summed E-state index contributed by atoms with van der Waals surface area (Å²) in [4.78, 5) is 0. The van der Waals surface area contributed by atoms with E-state index in [1.807, 2.05) is 6.07 Å². The van der Waals surface area contributed by atoms with Crippen molar-refractivity contribution in [3.8, 4) is 5.75 Å². The van der Waals surface area contributed by atoms with E-state index in [2.05, 4.69) is 30.4 Å². The molecule has 21 heavy (non-hydrogen) atoms. The minimum absolute atomic E-state index is 0.283. The SMILES string of the molecule is CCCCCCNCc1cccc(OCC2CCCO2)c1. The lowest BCUT2D eigenvalue weighted by Gasteiger charge is -2.12. The minimum atomic E-state index is 0.283. The molecule has 2 rings (SSSR count). The second-order valence-corrected chi connectivity index (χ2v) is 5.83. The van der Waals surface area contributed by atoms with Gasteiger partial charge in [0.25, 0.3) is 0 Å². The van der Waals surface area contributed by atoms with E-state index in [9.17, 15) is 0 Å². The molecule has 1 saturated heterocycles. The van der Waals surface area contributed by atoms with Gasteiger partial charge in [0.05, 0.1) is 6.10 Å². The zero-order chi connectivity index (χ0) is 14.8. The van der Waals surface area contributed by atoms with Crippen molar-refractivity contribution in [2.24, 2.45) is 0 Å². The Bertz CT molecular complexity index is 389. The summed E-state index contributed by atoms with van der Waals surface area (Å²) in [5, 5.41) is 3.50. The number of benzene rings is 1. The molecule has 0 saturated carbocycles. The average molecular weight is 291 g/mol. The summed E-state index contributed by atoms with van der Waals surface area (Å²) >= 11 is 0. The molecule has 0 radical (unpaired) electrons. The molecule has 1 unspecified atom stereocenters. The number of unbranched alkanes of at least 4 members (excludes halogenated alkanes) is 3. The first-order valence-electron chi connectivity index (χ1n) is 8.42. The van der Waals surface area contributed by atoms with Crippen LogP contribution in [0.5, 0.6) is 5.75 Å². The molecule has 0 aliphatic carbocycles. The van der Waals surface area contributed by atoms with Crippen LogP contribution in [-0.2, 0) is 11.3 Å². The molecule has 1 aliphatic heterocycles. The van der Waals surface area contributed by atoms with Crippen molar-refractivity contribution >= 4 is 0 Å². The summed E-state index contributed by atoms with van der Waals surface area (Å²) < 4.78 is 11.4. The quantitative estimate of drug-likeness (QED) is 0.663. The van der Waals surface area contributed by atoms with Crippen molar-refractivity contribution in [1.29, 1.82) is 0 Å². The van der Waals surface area contributed by atoms with E-state index >= 15 is 0 Å². The van der Waals surface area contributed by atoms with E-state index in [1.54, 1.807) is 0 Å². The summed E-state index contributed by atoms with van der Waals surface area (Å²) in [5.41, 5.74) is 1.29. The molecule has 3 heteroatoms. The van der Waals surface area contributed by atoms with Crippen molar-refractivity contribution in [2.75, 3.05) is 19.8 Å². The van der Waals surface area contributed by atoms with Gasteiger partial charge in [-0.1, -0.05) is 38.3 Å². The summed E-state index contributed by atoms with van der Waals surface area (Å²) in [5.74, 6) is 0.954. The van der Waals surface area contributed by atoms with Crippen molar-refractivity contribution in [1.82, 2.24) is 5.32 Å². The van der Waals surface area contributed by atoms with Crippen LogP contribution in [0.15, 0.2) is 24.3 Å². The Morgan fingerprint density at radius 2 is 2.24 bits per heavy atom. The van der Waals surface area contributed by atoms with Crippen LogP contribution >= 0.6 is 0 Å². The highest BCUT2D eigenvalue weighted by molar-refractivity contribution is 5.28. The van der Waals surface area contributed by atoms with Gasteiger partial charge in [0.2, 0.25) is 0 Å². The highest BCUT2D eigenvalue weighted by atomic mass is 16.5. The van der Waals surface area contributed by atoms with Crippen LogP contribution in [0.25, 0.3) is 0 Å². The van der Waals surface area contributed by atoms with E-state index in [4.69, 9.17) is 9.47 Å². The first kappa shape index (κ1) is 16.3. The third-order valence-electron chi connectivity index (χ3n) is 3.89. The van der Waals surface area contributed by atoms with Crippen LogP contribution < -0.4 is 10.1 Å². The first-order chi connectivity index (χ1) is 10.4. The molecule has 0 spiro atoms. The number of hydrogen-bond donors (Lipinski definition) is 1. The van der Waals surface area contributed by atoms with Gasteiger partial charge in [-0.3, -0.25) is 0 Å². The molecule has 3 nitrogen and oxygen atoms in total. The van der Waals surface area contributed by atoms with Gasteiger partial charge >= 0.3 is 0 Å². The Morgan fingerprint density at radius 1 is 1.29 bits per heavy atom. The second kappa shape index (κ2) is 9.80. The fraction of sp³-hybridized carbons (Fsp3) is 0.667. The lowest BCUT2D eigenvalue weighted by molar-refractivity contribution is 0.0679. The van der Waals surface area contributed by atoms with Crippen molar-refractivity contribution in [3.63, 3.8) is 0 Å². The van der Waals surface area contributed by atoms with Gasteiger partial charge in [0, 0.05) is 13.2 Å². The third kappa shape index (κ3) is 6.49. The summed E-state index contributed by atoms with van der Waals surface area (Å²) in [6.45, 7) is 5.82. The van der Waals surface area contributed by atoms with Gasteiger partial charge in [-0.15, -0.1) is 0 Å². The van der Waals surface area contributed by atoms with Gasteiger partial charge in [-0.2, -0.15) is 0 Å². The van der Waals surface area contributed by atoms with Crippen LogP contribution in [0.3, 0.4) is 0 Å². The Hall–Kier alpha value is -1.06. The number of nitrogens with one attached hydrogen (secondary N) is 1. The maximum atomic E-state index is 5.84. The Balaban J connectivity index is 1.65. The molecule has 0 aromatic heterocycles. The molecule has 1 aromatic carbocycles. The van der Waals surface area contributed by atoms with E-state index in [-0.39, 0.29) is 6.10 Å². The van der Waals surface area contributed by atoms with E-state index < -0.39 is 0 Å². The Kier molecular flexibility index (Phi) is 7.61. The number of rotatable bonds is 10. The molecule has 0 bridgehead atoms. The molecular weight excluding hydrogens is 262 g/mol. The fourth-order valence-electron chi connectivity index (χ4n) is 2.62. The maximum absolute atomic E-state index is 5.84. The third-order valence-corrected chi connectivity index (χ3v) is 3.89. The lowest BCUT2D eigenvalue weighted by Crippen LogP contribution is -2.17. The van der Waals surface area contributed by atoms with Gasteiger partial charge < -0.3 is 14.8 Å². The van der Waals surface area contributed by atoms with Crippen LogP contribution in [-0.4, -0.2) is 25.9 Å². The van der Waals surface area contributed by atoms with Gasteiger partial charge in [0.1, 0.15) is 12.4 Å². The molecule has 1 atom stereocenters. The smallest absolute Gasteiger partial charge is 0.119 e. The van der Waals surface area contributed by atoms with Crippen molar-refractivity contribution in [2.45, 2.75) is 58.1 Å². The van der Waals surface area contributed by atoms with Crippen molar-refractivity contribution in [3.05, 3.63) is 29.8 Å².